The Morgan fingerprint density at radius 1 is 1.46 bits per heavy atom. The molecule has 0 aliphatic heterocycles. The topological polar surface area (TPSA) is 30.2 Å². The number of hydrogen-bond donors (Lipinski definition) is 0. The van der Waals surface area contributed by atoms with Gasteiger partial charge in [-0.2, -0.15) is 0 Å². The molecule has 1 aromatic heterocycles. The Hall–Kier alpha value is -1.28. The van der Waals surface area contributed by atoms with Crippen LogP contribution in [0.4, 0.5) is 0 Å². The molecule has 2 aromatic rings. The quantitative estimate of drug-likeness (QED) is 0.652. The van der Waals surface area contributed by atoms with Crippen molar-refractivity contribution in [1.29, 1.82) is 0 Å². The van der Waals surface area contributed by atoms with E-state index in [9.17, 15) is 4.79 Å². The number of Topliss-reactive ketones (excluding diaryl/α,β-unsaturated/α-hetero) is 1. The molecule has 0 fully saturated rings. The Kier molecular flexibility index (Phi) is 1.85. The molecule has 2 nitrogen and oxygen atoms in total. The van der Waals surface area contributed by atoms with E-state index >= 15 is 0 Å². The highest BCUT2D eigenvalue weighted by molar-refractivity contribution is 6.30. The number of para-hydroxylation sites is 1. The molecule has 0 bridgehead atoms. The average Bonchev–Trinajstić information content (AvgIpc) is 2.43. The van der Waals surface area contributed by atoms with Crippen molar-refractivity contribution in [2.24, 2.45) is 0 Å². The van der Waals surface area contributed by atoms with Gasteiger partial charge in [-0.15, -0.1) is 0 Å². The van der Waals surface area contributed by atoms with Gasteiger partial charge in [-0.1, -0.05) is 12.1 Å². The number of fused-ring (bicyclic) bond motifs is 1. The number of carbonyl (C=O) groups excluding carboxylic acids is 1. The van der Waals surface area contributed by atoms with Crippen molar-refractivity contribution >= 4 is 28.4 Å². The van der Waals surface area contributed by atoms with E-state index in [2.05, 4.69) is 0 Å². The summed E-state index contributed by atoms with van der Waals surface area (Å²) in [5.41, 5.74) is 1.14. The largest absolute Gasteiger partial charge is 0.444 e. The molecule has 0 aliphatic carbocycles. The van der Waals surface area contributed by atoms with E-state index in [0.717, 1.165) is 5.39 Å². The number of hydrogen-bond acceptors (Lipinski definition) is 2. The molecule has 0 unspecified atom stereocenters. The monoisotopic (exact) mass is 194 g/mol. The molecule has 13 heavy (non-hydrogen) atoms. The number of halogens is 1. The average molecular weight is 195 g/mol. The lowest BCUT2D eigenvalue weighted by atomic mass is 10.1. The molecule has 3 heteroatoms. The van der Waals surface area contributed by atoms with Gasteiger partial charge >= 0.3 is 0 Å². The number of furan rings is 1. The van der Waals surface area contributed by atoms with Crippen LogP contribution in [0, 0.1) is 0 Å². The molecule has 0 aliphatic rings. The fourth-order valence-corrected chi connectivity index (χ4v) is 1.50. The molecule has 1 aromatic carbocycles. The van der Waals surface area contributed by atoms with Gasteiger partial charge in [0.15, 0.2) is 11.0 Å². The third kappa shape index (κ3) is 1.33. The molecule has 0 radical (unpaired) electrons. The molecule has 0 spiro atoms. The van der Waals surface area contributed by atoms with Crippen LogP contribution in [0.5, 0.6) is 0 Å². The fraction of sp³-hybridized carbons (Fsp3) is 0.100. The Labute approximate surface area is 80.1 Å². The maximum Gasteiger partial charge on any atom is 0.194 e. The van der Waals surface area contributed by atoms with Crippen LogP contribution >= 0.6 is 11.6 Å². The van der Waals surface area contributed by atoms with Crippen molar-refractivity contribution in [3.05, 3.63) is 35.0 Å². The smallest absolute Gasteiger partial charge is 0.194 e. The van der Waals surface area contributed by atoms with E-state index in [1.807, 2.05) is 12.1 Å². The highest BCUT2D eigenvalue weighted by Gasteiger charge is 2.09. The number of benzene rings is 1. The minimum absolute atomic E-state index is 0.0170. The summed E-state index contributed by atoms with van der Waals surface area (Å²) in [6.07, 6.45) is 0. The Morgan fingerprint density at radius 2 is 2.23 bits per heavy atom. The number of ketones is 1. The van der Waals surface area contributed by atoms with Crippen LogP contribution in [-0.4, -0.2) is 5.78 Å². The van der Waals surface area contributed by atoms with Crippen LogP contribution in [-0.2, 0) is 0 Å². The van der Waals surface area contributed by atoms with Crippen LogP contribution < -0.4 is 0 Å². The summed E-state index contributed by atoms with van der Waals surface area (Å²) < 4.78 is 5.20. The Bertz CT molecular complexity index is 471. The first kappa shape index (κ1) is 8.32. The van der Waals surface area contributed by atoms with Crippen molar-refractivity contribution in [2.75, 3.05) is 0 Å². The lowest BCUT2D eigenvalue weighted by Gasteiger charge is -1.94. The summed E-state index contributed by atoms with van der Waals surface area (Å²) in [4.78, 5) is 11.2. The molecule has 0 saturated carbocycles. The highest BCUT2D eigenvalue weighted by atomic mass is 35.5. The Balaban J connectivity index is 2.82. The van der Waals surface area contributed by atoms with E-state index in [1.54, 1.807) is 12.1 Å². The van der Waals surface area contributed by atoms with Crippen molar-refractivity contribution in [1.82, 2.24) is 0 Å². The van der Waals surface area contributed by atoms with E-state index in [-0.39, 0.29) is 5.78 Å². The van der Waals surface area contributed by atoms with Crippen molar-refractivity contribution in [3.63, 3.8) is 0 Å². The van der Waals surface area contributed by atoms with Gasteiger partial charge in [-0.3, -0.25) is 4.79 Å². The molecule has 1 heterocycles. The maximum absolute atomic E-state index is 11.2. The SMILES string of the molecule is CC(=O)c1cccc2cc(Cl)oc12. The lowest BCUT2D eigenvalue weighted by molar-refractivity contribution is 0.101. The summed E-state index contributed by atoms with van der Waals surface area (Å²) in [6.45, 7) is 1.51. The molecular formula is C10H7ClO2. The normalized spacial score (nSPS) is 10.6. The van der Waals surface area contributed by atoms with Gasteiger partial charge in [0.25, 0.3) is 0 Å². The zero-order valence-electron chi connectivity index (χ0n) is 7.00. The van der Waals surface area contributed by atoms with Crippen molar-refractivity contribution in [2.45, 2.75) is 6.92 Å². The van der Waals surface area contributed by atoms with Gasteiger partial charge in [0.1, 0.15) is 5.58 Å². The summed E-state index contributed by atoms with van der Waals surface area (Å²) in [7, 11) is 0. The predicted octanol–water partition coefficient (Wildman–Crippen LogP) is 3.29. The summed E-state index contributed by atoms with van der Waals surface area (Å²) in [5.74, 6) is -0.0170. The van der Waals surface area contributed by atoms with Gasteiger partial charge in [0.05, 0.1) is 5.56 Å². The molecule has 0 atom stereocenters. The molecule has 2 rings (SSSR count). The van der Waals surface area contributed by atoms with Gasteiger partial charge in [-0.25, -0.2) is 0 Å². The van der Waals surface area contributed by atoms with Crippen LogP contribution in [0.1, 0.15) is 17.3 Å². The van der Waals surface area contributed by atoms with Crippen LogP contribution in [0.15, 0.2) is 28.7 Å². The second-order valence-corrected chi connectivity index (χ2v) is 3.20. The standard InChI is InChI=1S/C10H7ClO2/c1-6(12)8-4-2-3-7-5-9(11)13-10(7)8/h2-5H,1H3. The van der Waals surface area contributed by atoms with Crippen molar-refractivity contribution in [3.8, 4) is 0 Å². The van der Waals surface area contributed by atoms with E-state index in [4.69, 9.17) is 16.0 Å². The summed E-state index contributed by atoms with van der Waals surface area (Å²) >= 11 is 5.68. The summed E-state index contributed by atoms with van der Waals surface area (Å²) in [5, 5.41) is 1.17. The van der Waals surface area contributed by atoms with Gasteiger partial charge < -0.3 is 4.42 Å². The van der Waals surface area contributed by atoms with Gasteiger partial charge in [-0.05, 0) is 24.6 Å². The molecule has 0 N–H and O–H groups in total. The fourth-order valence-electron chi connectivity index (χ4n) is 1.31. The molecular weight excluding hydrogens is 188 g/mol. The third-order valence-electron chi connectivity index (χ3n) is 1.89. The lowest BCUT2D eigenvalue weighted by Crippen LogP contribution is -1.90. The van der Waals surface area contributed by atoms with E-state index in [0.29, 0.717) is 16.4 Å². The van der Waals surface area contributed by atoms with Crippen LogP contribution in [0.3, 0.4) is 0 Å². The van der Waals surface area contributed by atoms with E-state index in [1.165, 1.54) is 6.92 Å². The first-order chi connectivity index (χ1) is 6.18. The van der Waals surface area contributed by atoms with E-state index < -0.39 is 0 Å². The third-order valence-corrected chi connectivity index (χ3v) is 2.08. The predicted molar refractivity (Wildman–Crippen MR) is 51.2 cm³/mol. The number of rotatable bonds is 1. The van der Waals surface area contributed by atoms with Crippen LogP contribution in [0.2, 0.25) is 5.22 Å². The molecule has 0 amide bonds. The first-order valence-corrected chi connectivity index (χ1v) is 4.25. The minimum Gasteiger partial charge on any atom is -0.444 e. The maximum atomic E-state index is 11.2. The first-order valence-electron chi connectivity index (χ1n) is 3.87. The molecule has 0 saturated heterocycles. The zero-order chi connectivity index (χ0) is 9.42. The zero-order valence-corrected chi connectivity index (χ0v) is 7.76. The van der Waals surface area contributed by atoms with Gasteiger partial charge in [0.2, 0.25) is 0 Å². The minimum atomic E-state index is -0.0170. The van der Waals surface area contributed by atoms with Crippen LogP contribution in [0.25, 0.3) is 11.0 Å². The second kappa shape index (κ2) is 2.89. The van der Waals surface area contributed by atoms with Crippen molar-refractivity contribution < 1.29 is 9.21 Å². The summed E-state index contributed by atoms with van der Waals surface area (Å²) in [6, 6.07) is 7.09. The Morgan fingerprint density at radius 3 is 2.92 bits per heavy atom. The van der Waals surface area contributed by atoms with Gasteiger partial charge in [0, 0.05) is 11.5 Å². The number of carbonyl (C=O) groups is 1. The second-order valence-electron chi connectivity index (χ2n) is 2.83. The molecule has 66 valence electrons. The highest BCUT2D eigenvalue weighted by Crippen LogP contribution is 2.25.